The highest BCUT2D eigenvalue weighted by Gasteiger charge is 2.30. The molecule has 2 aliphatic rings. The van der Waals surface area contributed by atoms with Crippen molar-refractivity contribution in [3.05, 3.63) is 39.9 Å². The zero-order valence-corrected chi connectivity index (χ0v) is 21.8. The number of hydrogen-bond donors (Lipinski definition) is 2. The summed E-state index contributed by atoms with van der Waals surface area (Å²) < 4.78 is 21.8. The molecule has 1 atom stereocenters. The maximum atomic E-state index is 15.0. The first kappa shape index (κ1) is 26.2. The number of benzene rings is 1. The number of aromatic nitrogens is 1. The molecule has 0 bridgehead atoms. The first-order valence-corrected chi connectivity index (χ1v) is 13.1. The molecule has 0 spiro atoms. The van der Waals surface area contributed by atoms with Gasteiger partial charge in [0.15, 0.2) is 0 Å². The van der Waals surface area contributed by atoms with Gasteiger partial charge in [-0.05, 0) is 55.6 Å². The molecular weight excluding hydrogens is 461 g/mol. The van der Waals surface area contributed by atoms with Crippen LogP contribution in [-0.2, 0) is 9.53 Å². The van der Waals surface area contributed by atoms with Crippen LogP contribution in [-0.4, -0.2) is 36.1 Å². The first-order valence-electron chi connectivity index (χ1n) is 13.1. The summed E-state index contributed by atoms with van der Waals surface area (Å²) in [6, 6.07) is 2.79. The molecule has 1 aromatic heterocycles. The van der Waals surface area contributed by atoms with Gasteiger partial charge >= 0.3 is 5.97 Å². The lowest BCUT2D eigenvalue weighted by Crippen LogP contribution is -2.45. The average molecular weight is 500 g/mol. The molecule has 1 amide bonds. The van der Waals surface area contributed by atoms with Crippen LogP contribution in [0.4, 0.5) is 10.1 Å². The van der Waals surface area contributed by atoms with E-state index in [0.717, 1.165) is 45.1 Å². The lowest BCUT2D eigenvalue weighted by atomic mass is 9.84. The van der Waals surface area contributed by atoms with Crippen molar-refractivity contribution in [2.75, 3.05) is 19.0 Å². The Labute approximate surface area is 211 Å². The van der Waals surface area contributed by atoms with E-state index in [1.54, 1.807) is 12.3 Å². The lowest BCUT2D eigenvalue weighted by Gasteiger charge is -2.31. The molecule has 2 N–H and O–H groups in total. The van der Waals surface area contributed by atoms with Crippen molar-refractivity contribution in [3.8, 4) is 0 Å². The second-order valence-corrected chi connectivity index (χ2v) is 11.4. The van der Waals surface area contributed by atoms with Crippen LogP contribution < -0.4 is 16.1 Å². The summed E-state index contributed by atoms with van der Waals surface area (Å²) in [5, 5.41) is 6.39. The summed E-state index contributed by atoms with van der Waals surface area (Å²) in [5.41, 5.74) is 0.221. The molecule has 2 aromatic rings. The molecule has 2 saturated carbocycles. The second kappa shape index (κ2) is 10.6. The zero-order valence-electron chi connectivity index (χ0n) is 21.8. The molecule has 8 heteroatoms. The third-order valence-electron chi connectivity index (χ3n) is 7.58. The summed E-state index contributed by atoms with van der Waals surface area (Å²) in [4.78, 5) is 38.6. The highest BCUT2D eigenvalue weighted by Crippen LogP contribution is 2.34. The van der Waals surface area contributed by atoms with Crippen LogP contribution in [0.2, 0.25) is 0 Å². The first-order chi connectivity index (χ1) is 17.1. The molecule has 0 unspecified atom stereocenters. The van der Waals surface area contributed by atoms with Gasteiger partial charge in [-0.3, -0.25) is 14.4 Å². The van der Waals surface area contributed by atoms with Gasteiger partial charge in [0.2, 0.25) is 5.43 Å². The molecule has 0 saturated heterocycles. The van der Waals surface area contributed by atoms with Crippen LogP contribution >= 0.6 is 0 Å². The predicted molar refractivity (Wildman–Crippen MR) is 139 cm³/mol. The minimum Gasteiger partial charge on any atom is -0.469 e. The Hall–Kier alpha value is -2.90. The Balaban J connectivity index is 1.71. The zero-order chi connectivity index (χ0) is 26.0. The van der Waals surface area contributed by atoms with Gasteiger partial charge in [0.25, 0.3) is 5.91 Å². The monoisotopic (exact) mass is 499 g/mol. The fourth-order valence-corrected chi connectivity index (χ4v) is 5.05. The Morgan fingerprint density at radius 1 is 1.17 bits per heavy atom. The highest BCUT2D eigenvalue weighted by molar-refractivity contribution is 5.98. The number of halogens is 1. The Bertz CT molecular complexity index is 1190. The van der Waals surface area contributed by atoms with Crippen LogP contribution in [0.3, 0.4) is 0 Å². The van der Waals surface area contributed by atoms with Crippen molar-refractivity contribution < 1.29 is 18.7 Å². The summed E-state index contributed by atoms with van der Waals surface area (Å²) in [6.45, 7) is 6.63. The van der Waals surface area contributed by atoms with E-state index in [0.29, 0.717) is 23.5 Å². The number of anilines is 1. The molecule has 1 heterocycles. The maximum Gasteiger partial charge on any atom is 0.305 e. The minimum absolute atomic E-state index is 0.000178. The Kier molecular flexibility index (Phi) is 7.71. The van der Waals surface area contributed by atoms with E-state index in [1.165, 1.54) is 13.2 Å². The molecule has 196 valence electrons. The molecule has 36 heavy (non-hydrogen) atoms. The van der Waals surface area contributed by atoms with Crippen molar-refractivity contribution in [2.45, 2.75) is 84.2 Å². The van der Waals surface area contributed by atoms with E-state index < -0.39 is 17.2 Å². The summed E-state index contributed by atoms with van der Waals surface area (Å²) >= 11 is 0. The Morgan fingerprint density at radius 3 is 2.47 bits per heavy atom. The molecule has 0 radical (unpaired) electrons. The summed E-state index contributed by atoms with van der Waals surface area (Å²) in [6.07, 6.45) is 8.56. The molecule has 2 aliphatic carbocycles. The largest absolute Gasteiger partial charge is 0.469 e. The van der Waals surface area contributed by atoms with Gasteiger partial charge < -0.3 is 19.9 Å². The number of amides is 1. The normalized spacial score (nSPS) is 17.2. The molecule has 0 aliphatic heterocycles. The van der Waals surface area contributed by atoms with Crippen molar-refractivity contribution >= 4 is 28.5 Å². The number of nitrogens with zero attached hydrogens (tertiary/aromatic N) is 1. The summed E-state index contributed by atoms with van der Waals surface area (Å²) in [5.74, 6) is -0.760. The summed E-state index contributed by atoms with van der Waals surface area (Å²) in [7, 11) is 1.33. The lowest BCUT2D eigenvalue weighted by molar-refractivity contribution is -0.140. The van der Waals surface area contributed by atoms with Crippen molar-refractivity contribution in [3.63, 3.8) is 0 Å². The predicted octanol–water partition coefficient (Wildman–Crippen LogP) is 5.18. The van der Waals surface area contributed by atoms with E-state index in [9.17, 15) is 14.4 Å². The standard InChI is InChI=1S/C28H38FN3O4/c1-28(2,3)24(11-12-25(33)36-4)31-27(35)20-16-32(18-7-5-6-8-18)23-14-22(30-15-17-9-10-17)21(29)13-19(23)26(20)34/h13-14,16-18,24,30H,5-12,15H2,1-4H3,(H,31,35)/t24-/m0/s1. The number of ether oxygens (including phenoxy) is 1. The average Bonchev–Trinajstić information content (AvgIpc) is 3.50. The number of esters is 1. The topological polar surface area (TPSA) is 89.4 Å². The number of methoxy groups -OCH3 is 1. The molecule has 4 rings (SSSR count). The SMILES string of the molecule is COC(=O)CC[C@H](NC(=O)c1cn(C2CCCC2)c2cc(NCC3CC3)c(F)cc2c1=O)C(C)(C)C. The van der Waals surface area contributed by atoms with Crippen molar-refractivity contribution in [2.24, 2.45) is 11.3 Å². The van der Waals surface area contributed by atoms with E-state index in [1.807, 2.05) is 25.3 Å². The van der Waals surface area contributed by atoms with E-state index >= 15 is 4.39 Å². The third kappa shape index (κ3) is 5.90. The van der Waals surface area contributed by atoms with Gasteiger partial charge in [-0.25, -0.2) is 4.39 Å². The number of nitrogens with one attached hydrogen (secondary N) is 2. The van der Waals surface area contributed by atoms with Crippen molar-refractivity contribution in [1.82, 2.24) is 9.88 Å². The number of hydrogen-bond acceptors (Lipinski definition) is 5. The fraction of sp³-hybridized carbons (Fsp3) is 0.607. The van der Waals surface area contributed by atoms with Crippen LogP contribution in [0.25, 0.3) is 10.9 Å². The van der Waals surface area contributed by atoms with Crippen LogP contribution in [0.15, 0.2) is 23.1 Å². The molecule has 1 aromatic carbocycles. The second-order valence-electron chi connectivity index (χ2n) is 11.4. The van der Waals surface area contributed by atoms with Gasteiger partial charge in [0, 0.05) is 36.6 Å². The minimum atomic E-state index is -0.505. The van der Waals surface area contributed by atoms with E-state index in [-0.39, 0.29) is 40.8 Å². The van der Waals surface area contributed by atoms with E-state index in [4.69, 9.17) is 4.74 Å². The third-order valence-corrected chi connectivity index (χ3v) is 7.58. The number of pyridine rings is 1. The fourth-order valence-electron chi connectivity index (χ4n) is 5.05. The van der Waals surface area contributed by atoms with E-state index in [2.05, 4.69) is 10.6 Å². The Morgan fingerprint density at radius 2 is 1.86 bits per heavy atom. The van der Waals surface area contributed by atoms with Gasteiger partial charge in [-0.1, -0.05) is 33.6 Å². The number of fused-ring (bicyclic) bond motifs is 1. The molecule has 2 fully saturated rings. The molecule has 7 nitrogen and oxygen atoms in total. The van der Waals surface area contributed by atoms with Crippen LogP contribution in [0.5, 0.6) is 0 Å². The van der Waals surface area contributed by atoms with Crippen LogP contribution in [0, 0.1) is 17.2 Å². The molecular formula is C28H38FN3O4. The van der Waals surface area contributed by atoms with Gasteiger partial charge in [-0.2, -0.15) is 0 Å². The van der Waals surface area contributed by atoms with Gasteiger partial charge in [-0.15, -0.1) is 0 Å². The van der Waals surface area contributed by atoms with Crippen LogP contribution in [0.1, 0.15) is 88.5 Å². The number of carbonyl (C=O) groups is 2. The number of carbonyl (C=O) groups excluding carboxylic acids is 2. The van der Waals surface area contributed by atoms with Crippen molar-refractivity contribution in [1.29, 1.82) is 0 Å². The maximum absolute atomic E-state index is 15.0. The van der Waals surface area contributed by atoms with Gasteiger partial charge in [0.05, 0.1) is 18.3 Å². The quantitative estimate of drug-likeness (QED) is 0.465. The van der Waals surface area contributed by atoms with Gasteiger partial charge in [0.1, 0.15) is 11.4 Å². The number of rotatable bonds is 9. The smallest absolute Gasteiger partial charge is 0.305 e. The highest BCUT2D eigenvalue weighted by atomic mass is 19.1.